The van der Waals surface area contributed by atoms with E-state index in [4.69, 9.17) is 20.0 Å². The monoisotopic (exact) mass is 257 g/mol. The van der Waals surface area contributed by atoms with Crippen LogP contribution in [-0.2, 0) is 4.74 Å². The van der Waals surface area contributed by atoms with Crippen LogP contribution in [0.1, 0.15) is 12.6 Å². The van der Waals surface area contributed by atoms with E-state index in [0.29, 0.717) is 18.1 Å². The van der Waals surface area contributed by atoms with Crippen molar-refractivity contribution in [2.75, 3.05) is 13.7 Å². The molecule has 0 amide bonds. The van der Waals surface area contributed by atoms with Gasteiger partial charge < -0.3 is 9.47 Å². The van der Waals surface area contributed by atoms with Crippen molar-refractivity contribution in [3.8, 4) is 17.9 Å². The summed E-state index contributed by atoms with van der Waals surface area (Å²) in [4.78, 5) is 0. The van der Waals surface area contributed by atoms with Gasteiger partial charge in [0.1, 0.15) is 12.1 Å². The number of nitrogens with zero attached hydrogens (tertiary/aromatic N) is 6. The van der Waals surface area contributed by atoms with Crippen LogP contribution in [-0.4, -0.2) is 29.2 Å². The molecule has 0 atom stereocenters. The van der Waals surface area contributed by atoms with Crippen molar-refractivity contribution in [2.45, 2.75) is 6.92 Å². The van der Waals surface area contributed by atoms with E-state index in [-0.39, 0.29) is 17.3 Å². The van der Waals surface area contributed by atoms with Crippen LogP contribution >= 0.6 is 0 Å². The number of hydrogen-bond donors (Lipinski definition) is 0. The Morgan fingerprint density at radius 2 is 2.16 bits per heavy atom. The van der Waals surface area contributed by atoms with E-state index in [1.165, 1.54) is 18.0 Å². The van der Waals surface area contributed by atoms with Crippen LogP contribution in [0.5, 0.6) is 5.75 Å². The first-order valence-corrected chi connectivity index (χ1v) is 5.35. The number of ether oxygens (including phenoxy) is 2. The fourth-order valence-electron chi connectivity index (χ4n) is 1.51. The fraction of sp³-hybridized carbons (Fsp3) is 0.273. The van der Waals surface area contributed by atoms with Gasteiger partial charge in [-0.2, -0.15) is 15.6 Å². The van der Waals surface area contributed by atoms with Crippen molar-refractivity contribution >= 4 is 11.4 Å². The average Bonchev–Trinajstić information content (AvgIpc) is 3.01. The van der Waals surface area contributed by atoms with E-state index in [2.05, 4.69) is 15.6 Å². The summed E-state index contributed by atoms with van der Waals surface area (Å²) in [5.74, 6) is 0.490. The third-order valence-electron chi connectivity index (χ3n) is 2.29. The normalized spacial score (nSPS) is 13.4. The number of hydrogen-bond acceptors (Lipinski definition) is 6. The number of methoxy groups -OCH3 is 1. The highest BCUT2D eigenvalue weighted by molar-refractivity contribution is 6.28. The summed E-state index contributed by atoms with van der Waals surface area (Å²) in [6.07, 6.45) is 1.47. The lowest BCUT2D eigenvalue weighted by atomic mass is 10.3. The first-order valence-electron chi connectivity index (χ1n) is 5.35. The summed E-state index contributed by atoms with van der Waals surface area (Å²) in [7, 11) is 1.43. The summed E-state index contributed by atoms with van der Waals surface area (Å²) in [5.41, 5.74) is 4.23. The van der Waals surface area contributed by atoms with Crippen molar-refractivity contribution in [3.05, 3.63) is 17.8 Å². The number of nitriles is 2. The fourth-order valence-corrected chi connectivity index (χ4v) is 1.51. The summed E-state index contributed by atoms with van der Waals surface area (Å²) in [5, 5.41) is 25.6. The van der Waals surface area contributed by atoms with Gasteiger partial charge >= 0.3 is 0 Å². The van der Waals surface area contributed by atoms with Crippen molar-refractivity contribution in [1.82, 2.24) is 15.2 Å². The Bertz CT molecular complexity index is 643. The summed E-state index contributed by atoms with van der Waals surface area (Å²) in [6, 6.07) is 3.80. The molecule has 1 aliphatic rings. The first-order chi connectivity index (χ1) is 9.24. The van der Waals surface area contributed by atoms with E-state index in [0.717, 1.165) is 0 Å². The molecule has 8 nitrogen and oxygen atoms in total. The Labute approximate surface area is 109 Å². The molecular formula is C11H9N6O2. The van der Waals surface area contributed by atoms with E-state index < -0.39 is 0 Å². The molecule has 19 heavy (non-hydrogen) atoms. The predicted molar refractivity (Wildman–Crippen MR) is 63.5 cm³/mol. The van der Waals surface area contributed by atoms with E-state index in [9.17, 15) is 0 Å². The smallest absolute Gasteiger partial charge is 0.262 e. The van der Waals surface area contributed by atoms with Gasteiger partial charge in [0.25, 0.3) is 5.88 Å². The summed E-state index contributed by atoms with van der Waals surface area (Å²) < 4.78 is 11.6. The summed E-state index contributed by atoms with van der Waals surface area (Å²) in [6.45, 7) is 2.16. The van der Waals surface area contributed by atoms with Crippen LogP contribution < -0.4 is 10.2 Å². The number of rotatable bonds is 4. The predicted octanol–water partition coefficient (Wildman–Crippen LogP) is 0.424. The molecule has 0 bridgehead atoms. The highest BCUT2D eigenvalue weighted by Crippen LogP contribution is 2.23. The third-order valence-corrected chi connectivity index (χ3v) is 2.29. The maximum atomic E-state index is 9.01. The lowest BCUT2D eigenvalue weighted by molar-refractivity contribution is 0.208. The number of allylic oxidation sites excluding steroid dienone is 1. The van der Waals surface area contributed by atoms with Crippen LogP contribution in [0.3, 0.4) is 0 Å². The molecule has 8 heteroatoms. The molecule has 0 saturated carbocycles. The minimum atomic E-state index is 0.0677. The molecule has 0 fully saturated rings. The lowest BCUT2D eigenvalue weighted by Crippen LogP contribution is -2.09. The quantitative estimate of drug-likeness (QED) is 0.776. The molecule has 0 aliphatic carbocycles. The SMILES string of the molecule is CCOC1=C(n2cc(OC)c(C#N)n2)C(C#N)=N[N]1. The highest BCUT2D eigenvalue weighted by Gasteiger charge is 2.27. The summed E-state index contributed by atoms with van der Waals surface area (Å²) >= 11 is 0. The van der Waals surface area contributed by atoms with Gasteiger partial charge in [-0.1, -0.05) is 0 Å². The highest BCUT2D eigenvalue weighted by atomic mass is 16.5. The molecule has 0 aromatic carbocycles. The van der Waals surface area contributed by atoms with Crippen molar-refractivity contribution < 1.29 is 9.47 Å². The van der Waals surface area contributed by atoms with Gasteiger partial charge in [0, 0.05) is 0 Å². The van der Waals surface area contributed by atoms with Crippen LogP contribution in [0.15, 0.2) is 17.2 Å². The largest absolute Gasteiger partial charge is 0.492 e. The number of aromatic nitrogens is 2. The second-order valence-electron chi connectivity index (χ2n) is 3.35. The Kier molecular flexibility index (Phi) is 3.35. The maximum absolute atomic E-state index is 9.01. The second-order valence-corrected chi connectivity index (χ2v) is 3.35. The minimum Gasteiger partial charge on any atom is -0.492 e. The van der Waals surface area contributed by atoms with Gasteiger partial charge in [0.05, 0.1) is 19.9 Å². The Morgan fingerprint density at radius 1 is 1.37 bits per heavy atom. The zero-order valence-corrected chi connectivity index (χ0v) is 10.3. The second kappa shape index (κ2) is 5.10. The zero-order valence-electron chi connectivity index (χ0n) is 10.3. The molecule has 0 saturated heterocycles. The molecule has 1 aromatic rings. The van der Waals surface area contributed by atoms with E-state index >= 15 is 0 Å². The Morgan fingerprint density at radius 3 is 2.68 bits per heavy atom. The molecule has 1 aromatic heterocycles. The molecule has 2 rings (SSSR count). The van der Waals surface area contributed by atoms with Gasteiger partial charge in [0.2, 0.25) is 5.69 Å². The van der Waals surface area contributed by atoms with Gasteiger partial charge in [-0.15, -0.1) is 10.5 Å². The van der Waals surface area contributed by atoms with E-state index in [1.807, 2.05) is 12.1 Å². The molecule has 95 valence electrons. The van der Waals surface area contributed by atoms with Crippen molar-refractivity contribution in [2.24, 2.45) is 5.10 Å². The molecule has 0 unspecified atom stereocenters. The minimum absolute atomic E-state index is 0.0677. The molecule has 0 spiro atoms. The Balaban J connectivity index is 2.51. The Hall–Kier alpha value is -3.00. The van der Waals surface area contributed by atoms with Crippen LogP contribution in [0, 0.1) is 22.7 Å². The van der Waals surface area contributed by atoms with Gasteiger partial charge in [-0.05, 0) is 6.92 Å². The third kappa shape index (κ3) is 2.07. The maximum Gasteiger partial charge on any atom is 0.262 e. The first kappa shape index (κ1) is 12.5. The van der Waals surface area contributed by atoms with Gasteiger partial charge in [0.15, 0.2) is 17.2 Å². The van der Waals surface area contributed by atoms with Crippen molar-refractivity contribution in [3.63, 3.8) is 0 Å². The van der Waals surface area contributed by atoms with Gasteiger partial charge in [-0.25, -0.2) is 4.68 Å². The zero-order chi connectivity index (χ0) is 13.8. The molecular weight excluding hydrogens is 248 g/mol. The average molecular weight is 257 g/mol. The standard InChI is InChI=1S/C11H9N6O2/c1-3-19-11-10(8(5-13)14-15-11)17-6-9(18-2)7(4-12)16-17/h6H,3H2,1-2H3. The van der Waals surface area contributed by atoms with Crippen LogP contribution in [0.25, 0.3) is 5.70 Å². The lowest BCUT2D eigenvalue weighted by Gasteiger charge is -2.04. The molecule has 1 radical (unpaired) electrons. The van der Waals surface area contributed by atoms with Crippen molar-refractivity contribution in [1.29, 1.82) is 10.5 Å². The van der Waals surface area contributed by atoms with Crippen LogP contribution in [0.4, 0.5) is 0 Å². The molecule has 0 N–H and O–H groups in total. The van der Waals surface area contributed by atoms with Gasteiger partial charge in [-0.3, -0.25) is 0 Å². The molecule has 1 aliphatic heterocycles. The van der Waals surface area contributed by atoms with E-state index in [1.54, 1.807) is 6.92 Å². The topological polar surface area (TPSA) is 110 Å². The van der Waals surface area contributed by atoms with Crippen LogP contribution in [0.2, 0.25) is 0 Å². The molecule has 2 heterocycles.